The molecule has 3 nitrogen and oxygen atoms in total. The number of pyridine rings is 1. The Morgan fingerprint density at radius 1 is 1.18 bits per heavy atom. The van der Waals surface area contributed by atoms with Gasteiger partial charge in [0.15, 0.2) is 0 Å². The molecule has 4 heteroatoms. The molecule has 0 saturated heterocycles. The second kappa shape index (κ2) is 5.66. The maximum Gasteiger partial charge on any atom is 0.113 e. The molecule has 0 aliphatic heterocycles. The molecule has 0 aliphatic carbocycles. The van der Waals surface area contributed by atoms with Crippen molar-refractivity contribution >= 4 is 17.3 Å². The molecule has 0 spiro atoms. The summed E-state index contributed by atoms with van der Waals surface area (Å²) >= 11 is 5.78. The second-order valence-corrected chi connectivity index (χ2v) is 4.09. The maximum atomic E-state index is 9.89. The average Bonchev–Trinajstić information content (AvgIpc) is 2.39. The number of rotatable bonds is 4. The van der Waals surface area contributed by atoms with E-state index in [1.807, 2.05) is 24.3 Å². The van der Waals surface area contributed by atoms with Gasteiger partial charge in [0, 0.05) is 23.5 Å². The summed E-state index contributed by atoms with van der Waals surface area (Å²) in [5.74, 6) is 0. The van der Waals surface area contributed by atoms with E-state index in [2.05, 4.69) is 10.3 Å². The van der Waals surface area contributed by atoms with Crippen molar-refractivity contribution in [1.82, 2.24) is 4.98 Å². The average molecular weight is 249 g/mol. The van der Waals surface area contributed by atoms with E-state index in [1.165, 1.54) is 0 Å². The number of hydrogen-bond donors (Lipinski definition) is 2. The van der Waals surface area contributed by atoms with Crippen LogP contribution in [0.1, 0.15) is 11.8 Å². The first-order chi connectivity index (χ1) is 8.25. The maximum absolute atomic E-state index is 9.89. The lowest BCUT2D eigenvalue weighted by Crippen LogP contribution is -2.13. The van der Waals surface area contributed by atoms with Gasteiger partial charge in [-0.2, -0.15) is 0 Å². The predicted molar refractivity (Wildman–Crippen MR) is 69.1 cm³/mol. The zero-order chi connectivity index (χ0) is 12.1. The van der Waals surface area contributed by atoms with E-state index in [1.54, 1.807) is 24.4 Å². The molecule has 17 heavy (non-hydrogen) atoms. The number of hydrogen-bond acceptors (Lipinski definition) is 3. The fraction of sp³-hybridized carbons (Fsp3) is 0.154. The van der Waals surface area contributed by atoms with E-state index in [0.717, 1.165) is 5.69 Å². The molecule has 2 N–H and O–H groups in total. The Hall–Kier alpha value is -1.58. The highest BCUT2D eigenvalue weighted by molar-refractivity contribution is 6.30. The van der Waals surface area contributed by atoms with Crippen molar-refractivity contribution in [2.75, 3.05) is 11.9 Å². The van der Waals surface area contributed by atoms with E-state index in [4.69, 9.17) is 11.6 Å². The number of nitrogens with one attached hydrogen (secondary N) is 1. The Kier molecular flexibility index (Phi) is 3.96. The van der Waals surface area contributed by atoms with Gasteiger partial charge in [0.1, 0.15) is 6.10 Å². The van der Waals surface area contributed by atoms with Crippen molar-refractivity contribution in [3.63, 3.8) is 0 Å². The van der Waals surface area contributed by atoms with E-state index < -0.39 is 6.10 Å². The van der Waals surface area contributed by atoms with Crippen LogP contribution in [0.25, 0.3) is 0 Å². The van der Waals surface area contributed by atoms with Gasteiger partial charge in [0.05, 0.1) is 5.69 Å². The monoisotopic (exact) mass is 248 g/mol. The number of aliphatic hydroxyl groups excluding tert-OH is 1. The third-order valence-electron chi connectivity index (χ3n) is 2.37. The van der Waals surface area contributed by atoms with Crippen molar-refractivity contribution < 1.29 is 5.11 Å². The Labute approximate surface area is 105 Å². The van der Waals surface area contributed by atoms with Gasteiger partial charge in [-0.1, -0.05) is 17.7 Å². The molecule has 1 aromatic carbocycles. The van der Waals surface area contributed by atoms with Gasteiger partial charge in [-0.05, 0) is 36.4 Å². The van der Waals surface area contributed by atoms with E-state index in [0.29, 0.717) is 17.3 Å². The highest BCUT2D eigenvalue weighted by Gasteiger charge is 2.07. The molecular weight excluding hydrogens is 236 g/mol. The Morgan fingerprint density at radius 3 is 2.59 bits per heavy atom. The van der Waals surface area contributed by atoms with Gasteiger partial charge in [0.25, 0.3) is 0 Å². The van der Waals surface area contributed by atoms with Crippen LogP contribution < -0.4 is 5.32 Å². The molecule has 1 unspecified atom stereocenters. The molecule has 2 aromatic rings. The number of aromatic nitrogens is 1. The minimum Gasteiger partial charge on any atom is -0.385 e. The van der Waals surface area contributed by atoms with Crippen LogP contribution in [-0.4, -0.2) is 16.6 Å². The SMILES string of the molecule is OC(CNc1ccc(Cl)cc1)c1ccccn1. The van der Waals surface area contributed by atoms with Crippen molar-refractivity contribution in [2.45, 2.75) is 6.10 Å². The number of aliphatic hydroxyl groups is 1. The highest BCUT2D eigenvalue weighted by atomic mass is 35.5. The van der Waals surface area contributed by atoms with Gasteiger partial charge in [-0.15, -0.1) is 0 Å². The van der Waals surface area contributed by atoms with Gasteiger partial charge >= 0.3 is 0 Å². The summed E-state index contributed by atoms with van der Waals surface area (Å²) in [5.41, 5.74) is 1.58. The Morgan fingerprint density at radius 2 is 1.94 bits per heavy atom. The first kappa shape index (κ1) is 11.9. The molecule has 1 heterocycles. The largest absolute Gasteiger partial charge is 0.385 e. The van der Waals surface area contributed by atoms with Gasteiger partial charge < -0.3 is 10.4 Å². The quantitative estimate of drug-likeness (QED) is 0.875. The number of anilines is 1. The summed E-state index contributed by atoms with van der Waals surface area (Å²) in [6.07, 6.45) is 1.05. The van der Waals surface area contributed by atoms with Crippen LogP contribution in [0.4, 0.5) is 5.69 Å². The summed E-state index contributed by atoms with van der Waals surface area (Å²) < 4.78 is 0. The zero-order valence-corrected chi connectivity index (χ0v) is 9.93. The first-order valence-electron chi connectivity index (χ1n) is 5.34. The van der Waals surface area contributed by atoms with Gasteiger partial charge in [-0.3, -0.25) is 4.98 Å². The lowest BCUT2D eigenvalue weighted by molar-refractivity contribution is 0.187. The van der Waals surface area contributed by atoms with Crippen LogP contribution in [0.2, 0.25) is 5.02 Å². The van der Waals surface area contributed by atoms with E-state index >= 15 is 0 Å². The van der Waals surface area contributed by atoms with Crippen molar-refractivity contribution in [2.24, 2.45) is 0 Å². The molecule has 0 saturated carbocycles. The van der Waals surface area contributed by atoms with Crippen LogP contribution in [-0.2, 0) is 0 Å². The smallest absolute Gasteiger partial charge is 0.113 e. The molecule has 1 atom stereocenters. The molecular formula is C13H13ClN2O. The standard InChI is InChI=1S/C13H13ClN2O/c14-10-4-6-11(7-5-10)16-9-13(17)12-3-1-2-8-15-12/h1-8,13,16-17H,9H2. The minimum absolute atomic E-state index is 0.415. The minimum atomic E-state index is -0.619. The van der Waals surface area contributed by atoms with Crippen LogP contribution in [0.3, 0.4) is 0 Å². The highest BCUT2D eigenvalue weighted by Crippen LogP contribution is 2.15. The lowest BCUT2D eigenvalue weighted by atomic mass is 10.2. The summed E-state index contributed by atoms with van der Waals surface area (Å²) in [5, 5.41) is 13.7. The lowest BCUT2D eigenvalue weighted by Gasteiger charge is -2.12. The summed E-state index contributed by atoms with van der Waals surface area (Å²) in [7, 11) is 0. The summed E-state index contributed by atoms with van der Waals surface area (Å²) in [4.78, 5) is 4.09. The summed E-state index contributed by atoms with van der Waals surface area (Å²) in [6, 6.07) is 12.8. The molecule has 0 radical (unpaired) electrons. The molecule has 0 aliphatic rings. The van der Waals surface area contributed by atoms with Gasteiger partial charge in [0.2, 0.25) is 0 Å². The Bertz CT molecular complexity index is 459. The fourth-order valence-corrected chi connectivity index (χ4v) is 1.59. The van der Waals surface area contributed by atoms with Crippen molar-refractivity contribution in [3.8, 4) is 0 Å². The van der Waals surface area contributed by atoms with Crippen LogP contribution in [0.5, 0.6) is 0 Å². The third kappa shape index (κ3) is 3.44. The van der Waals surface area contributed by atoms with Crippen molar-refractivity contribution in [3.05, 3.63) is 59.4 Å². The van der Waals surface area contributed by atoms with Crippen LogP contribution in [0.15, 0.2) is 48.7 Å². The molecule has 88 valence electrons. The molecule has 1 aromatic heterocycles. The zero-order valence-electron chi connectivity index (χ0n) is 9.18. The van der Waals surface area contributed by atoms with Crippen LogP contribution in [0, 0.1) is 0 Å². The number of halogens is 1. The molecule has 2 rings (SSSR count). The normalized spacial score (nSPS) is 12.1. The third-order valence-corrected chi connectivity index (χ3v) is 2.62. The number of nitrogens with zero attached hydrogens (tertiary/aromatic N) is 1. The van der Waals surface area contributed by atoms with E-state index in [-0.39, 0.29) is 0 Å². The summed E-state index contributed by atoms with van der Waals surface area (Å²) in [6.45, 7) is 0.415. The topological polar surface area (TPSA) is 45.1 Å². The predicted octanol–water partition coefficient (Wildman–Crippen LogP) is 2.88. The van der Waals surface area contributed by atoms with Crippen molar-refractivity contribution in [1.29, 1.82) is 0 Å². The van der Waals surface area contributed by atoms with Gasteiger partial charge in [-0.25, -0.2) is 0 Å². The van der Waals surface area contributed by atoms with E-state index in [9.17, 15) is 5.11 Å². The first-order valence-corrected chi connectivity index (χ1v) is 5.72. The fourth-order valence-electron chi connectivity index (χ4n) is 1.46. The second-order valence-electron chi connectivity index (χ2n) is 3.66. The molecule has 0 fully saturated rings. The molecule has 0 amide bonds. The van der Waals surface area contributed by atoms with Crippen LogP contribution >= 0.6 is 11.6 Å². The molecule has 0 bridgehead atoms. The Balaban J connectivity index is 1.92. The number of benzene rings is 1.